The molecule has 2 aromatic rings. The van der Waals surface area contributed by atoms with Gasteiger partial charge in [0.05, 0.1) is 5.56 Å². The highest BCUT2D eigenvalue weighted by Crippen LogP contribution is 2.15. The fourth-order valence-electron chi connectivity index (χ4n) is 1.80. The first-order chi connectivity index (χ1) is 9.18. The van der Waals surface area contributed by atoms with Gasteiger partial charge in [0.2, 0.25) is 0 Å². The molecule has 0 radical (unpaired) electrons. The summed E-state index contributed by atoms with van der Waals surface area (Å²) in [7, 11) is 0. The van der Waals surface area contributed by atoms with Gasteiger partial charge in [-0.15, -0.1) is 0 Å². The second kappa shape index (κ2) is 6.52. The SMILES string of the molecule is Cc1ccnn1CCCNC(=O)c1ccccc1Br. The molecule has 0 aliphatic carbocycles. The van der Waals surface area contributed by atoms with E-state index in [1.165, 1.54) is 0 Å². The molecular weight excluding hydrogens is 306 g/mol. The standard InChI is InChI=1S/C14H16BrN3O/c1-11-7-9-17-18(11)10-4-8-16-14(19)12-5-2-3-6-13(12)15/h2-3,5-7,9H,4,8,10H2,1H3,(H,16,19). The Balaban J connectivity index is 1.79. The van der Waals surface area contributed by atoms with Gasteiger partial charge < -0.3 is 5.32 Å². The van der Waals surface area contributed by atoms with Crippen molar-refractivity contribution in [1.82, 2.24) is 15.1 Å². The van der Waals surface area contributed by atoms with Crippen LogP contribution in [0, 0.1) is 6.92 Å². The second-order valence-electron chi connectivity index (χ2n) is 4.29. The van der Waals surface area contributed by atoms with Gasteiger partial charge in [-0.3, -0.25) is 9.48 Å². The average Bonchev–Trinajstić information content (AvgIpc) is 2.80. The molecule has 0 atom stereocenters. The average molecular weight is 322 g/mol. The van der Waals surface area contributed by atoms with Gasteiger partial charge in [0.1, 0.15) is 0 Å². The molecule has 0 fully saturated rings. The molecule has 100 valence electrons. The van der Waals surface area contributed by atoms with Gasteiger partial charge in [-0.25, -0.2) is 0 Å². The van der Waals surface area contributed by atoms with Crippen LogP contribution in [-0.2, 0) is 6.54 Å². The minimum Gasteiger partial charge on any atom is -0.352 e. The second-order valence-corrected chi connectivity index (χ2v) is 5.14. The summed E-state index contributed by atoms with van der Waals surface area (Å²) in [5.74, 6) is -0.0512. The van der Waals surface area contributed by atoms with E-state index < -0.39 is 0 Å². The van der Waals surface area contributed by atoms with Gasteiger partial charge in [-0.2, -0.15) is 5.10 Å². The number of carbonyl (C=O) groups excluding carboxylic acids is 1. The monoisotopic (exact) mass is 321 g/mol. The van der Waals surface area contributed by atoms with E-state index in [1.807, 2.05) is 35.9 Å². The Morgan fingerprint density at radius 1 is 1.37 bits per heavy atom. The number of halogens is 1. The van der Waals surface area contributed by atoms with E-state index in [-0.39, 0.29) is 5.91 Å². The highest BCUT2D eigenvalue weighted by atomic mass is 79.9. The zero-order chi connectivity index (χ0) is 13.7. The van der Waals surface area contributed by atoms with Crippen molar-refractivity contribution >= 4 is 21.8 Å². The molecule has 0 aliphatic rings. The highest BCUT2D eigenvalue weighted by Gasteiger charge is 2.07. The zero-order valence-electron chi connectivity index (χ0n) is 10.8. The summed E-state index contributed by atoms with van der Waals surface area (Å²) < 4.78 is 2.75. The maximum Gasteiger partial charge on any atom is 0.252 e. The molecule has 0 saturated carbocycles. The number of aryl methyl sites for hydroxylation is 2. The normalized spacial score (nSPS) is 10.4. The fraction of sp³-hybridized carbons (Fsp3) is 0.286. The van der Waals surface area contributed by atoms with Gasteiger partial charge in [-0.1, -0.05) is 12.1 Å². The van der Waals surface area contributed by atoms with Crippen molar-refractivity contribution in [2.75, 3.05) is 6.54 Å². The van der Waals surface area contributed by atoms with Crippen LogP contribution in [0.5, 0.6) is 0 Å². The molecule has 4 nitrogen and oxygen atoms in total. The minimum atomic E-state index is -0.0512. The first kappa shape index (κ1) is 13.8. The van der Waals surface area contributed by atoms with Gasteiger partial charge in [0, 0.05) is 29.5 Å². The number of hydrogen-bond donors (Lipinski definition) is 1. The van der Waals surface area contributed by atoms with Crippen LogP contribution in [0.3, 0.4) is 0 Å². The largest absolute Gasteiger partial charge is 0.352 e. The van der Waals surface area contributed by atoms with Gasteiger partial charge in [0.15, 0.2) is 0 Å². The maximum atomic E-state index is 11.9. The van der Waals surface area contributed by atoms with Crippen molar-refractivity contribution in [3.8, 4) is 0 Å². The Bertz CT molecular complexity index is 565. The van der Waals surface area contributed by atoms with Crippen molar-refractivity contribution < 1.29 is 4.79 Å². The molecule has 1 amide bonds. The first-order valence-corrected chi connectivity index (χ1v) is 6.99. The number of rotatable bonds is 5. The number of carbonyl (C=O) groups is 1. The first-order valence-electron chi connectivity index (χ1n) is 6.19. The number of nitrogens with zero attached hydrogens (tertiary/aromatic N) is 2. The Labute approximate surface area is 120 Å². The molecule has 1 heterocycles. The highest BCUT2D eigenvalue weighted by molar-refractivity contribution is 9.10. The lowest BCUT2D eigenvalue weighted by atomic mass is 10.2. The fourth-order valence-corrected chi connectivity index (χ4v) is 2.27. The smallest absolute Gasteiger partial charge is 0.252 e. The Kier molecular flexibility index (Phi) is 4.74. The van der Waals surface area contributed by atoms with Crippen LogP contribution in [-0.4, -0.2) is 22.2 Å². The molecule has 0 aliphatic heterocycles. The lowest BCUT2D eigenvalue weighted by molar-refractivity contribution is 0.0952. The number of aromatic nitrogens is 2. The Hall–Kier alpha value is -1.62. The summed E-state index contributed by atoms with van der Waals surface area (Å²) in [6.45, 7) is 3.47. The summed E-state index contributed by atoms with van der Waals surface area (Å²) in [4.78, 5) is 11.9. The molecule has 1 aromatic heterocycles. The van der Waals surface area contributed by atoms with Gasteiger partial charge >= 0.3 is 0 Å². The van der Waals surface area contributed by atoms with Crippen LogP contribution in [0.25, 0.3) is 0 Å². The van der Waals surface area contributed by atoms with Crippen molar-refractivity contribution in [3.05, 3.63) is 52.3 Å². The van der Waals surface area contributed by atoms with Gasteiger partial charge in [-0.05, 0) is 47.5 Å². The number of nitrogens with one attached hydrogen (secondary N) is 1. The molecule has 0 bridgehead atoms. The summed E-state index contributed by atoms with van der Waals surface area (Å²) in [5, 5.41) is 7.11. The summed E-state index contributed by atoms with van der Waals surface area (Å²) in [6.07, 6.45) is 2.65. The Morgan fingerprint density at radius 3 is 2.84 bits per heavy atom. The summed E-state index contributed by atoms with van der Waals surface area (Å²) in [6, 6.07) is 9.38. The number of benzene rings is 1. The van der Waals surface area contributed by atoms with Crippen LogP contribution >= 0.6 is 15.9 Å². The summed E-state index contributed by atoms with van der Waals surface area (Å²) in [5.41, 5.74) is 1.80. The third kappa shape index (κ3) is 3.67. The number of hydrogen-bond acceptors (Lipinski definition) is 2. The van der Waals surface area contributed by atoms with E-state index in [4.69, 9.17) is 0 Å². The van der Waals surface area contributed by atoms with E-state index in [9.17, 15) is 4.79 Å². The van der Waals surface area contributed by atoms with Crippen LogP contribution in [0.2, 0.25) is 0 Å². The van der Waals surface area contributed by atoms with Crippen LogP contribution in [0.1, 0.15) is 22.5 Å². The molecule has 19 heavy (non-hydrogen) atoms. The van der Waals surface area contributed by atoms with E-state index in [0.717, 1.165) is 23.1 Å². The molecule has 1 N–H and O–H groups in total. The molecule has 5 heteroatoms. The van der Waals surface area contributed by atoms with Crippen molar-refractivity contribution in [2.24, 2.45) is 0 Å². The maximum absolute atomic E-state index is 11.9. The topological polar surface area (TPSA) is 46.9 Å². The molecule has 0 saturated heterocycles. The van der Waals surface area contributed by atoms with Crippen molar-refractivity contribution in [3.63, 3.8) is 0 Å². The zero-order valence-corrected chi connectivity index (χ0v) is 12.4. The number of amides is 1. The van der Waals surface area contributed by atoms with Crippen molar-refractivity contribution in [1.29, 1.82) is 0 Å². The van der Waals surface area contributed by atoms with Crippen LogP contribution in [0.15, 0.2) is 41.0 Å². The van der Waals surface area contributed by atoms with Crippen LogP contribution in [0.4, 0.5) is 0 Å². The molecular formula is C14H16BrN3O. The summed E-state index contributed by atoms with van der Waals surface area (Å²) >= 11 is 3.37. The molecule has 1 aromatic carbocycles. The third-order valence-electron chi connectivity index (χ3n) is 2.88. The molecule has 0 unspecified atom stereocenters. The Morgan fingerprint density at radius 2 is 2.16 bits per heavy atom. The minimum absolute atomic E-state index is 0.0512. The van der Waals surface area contributed by atoms with Gasteiger partial charge in [0.25, 0.3) is 5.91 Å². The van der Waals surface area contributed by atoms with E-state index in [2.05, 4.69) is 26.3 Å². The van der Waals surface area contributed by atoms with Crippen LogP contribution < -0.4 is 5.32 Å². The lowest BCUT2D eigenvalue weighted by Gasteiger charge is -2.07. The van der Waals surface area contributed by atoms with E-state index >= 15 is 0 Å². The molecule has 2 rings (SSSR count). The quantitative estimate of drug-likeness (QED) is 0.861. The lowest BCUT2D eigenvalue weighted by Crippen LogP contribution is -2.25. The third-order valence-corrected chi connectivity index (χ3v) is 3.57. The van der Waals surface area contributed by atoms with E-state index in [0.29, 0.717) is 12.1 Å². The predicted octanol–water partition coefficient (Wildman–Crippen LogP) is 2.77. The molecule has 0 spiro atoms. The van der Waals surface area contributed by atoms with E-state index in [1.54, 1.807) is 12.3 Å². The van der Waals surface area contributed by atoms with Crippen molar-refractivity contribution in [2.45, 2.75) is 19.9 Å². The predicted molar refractivity (Wildman–Crippen MR) is 78.1 cm³/mol.